The summed E-state index contributed by atoms with van der Waals surface area (Å²) in [4.78, 5) is 12.3. The summed E-state index contributed by atoms with van der Waals surface area (Å²) < 4.78 is 10.8. The van der Waals surface area contributed by atoms with Crippen molar-refractivity contribution in [2.24, 2.45) is 17.3 Å². The molecule has 3 saturated carbocycles. The lowest BCUT2D eigenvalue weighted by atomic mass is 9.63. The second-order valence-electron chi connectivity index (χ2n) is 6.02. The van der Waals surface area contributed by atoms with E-state index in [1.54, 1.807) is 7.11 Å². The van der Waals surface area contributed by atoms with Crippen LogP contribution in [0.25, 0.3) is 0 Å². The highest BCUT2D eigenvalue weighted by atomic mass is 16.7. The lowest BCUT2D eigenvalue weighted by Gasteiger charge is -2.41. The number of carbonyl (C=O) groups is 1. The first-order chi connectivity index (χ1) is 8.26. The van der Waals surface area contributed by atoms with Crippen LogP contribution < -0.4 is 0 Å². The normalized spacial score (nSPS) is 44.8. The lowest BCUT2D eigenvalue weighted by Crippen LogP contribution is -2.41. The van der Waals surface area contributed by atoms with Gasteiger partial charge in [0.25, 0.3) is 0 Å². The molecule has 0 aliphatic heterocycles. The van der Waals surface area contributed by atoms with Gasteiger partial charge in [-0.05, 0) is 50.4 Å². The molecule has 3 nitrogen and oxygen atoms in total. The highest BCUT2D eigenvalue weighted by Crippen LogP contribution is 2.59. The summed E-state index contributed by atoms with van der Waals surface area (Å²) in [6.07, 6.45) is 7.94. The van der Waals surface area contributed by atoms with Crippen molar-refractivity contribution in [3.8, 4) is 0 Å². The first-order valence-electron chi connectivity index (χ1n) is 6.90. The van der Waals surface area contributed by atoms with Gasteiger partial charge in [-0.25, -0.2) is 0 Å². The van der Waals surface area contributed by atoms with Crippen molar-refractivity contribution in [2.75, 3.05) is 13.9 Å². The van der Waals surface area contributed by atoms with Crippen molar-refractivity contribution >= 4 is 5.78 Å². The zero-order valence-corrected chi connectivity index (χ0v) is 10.6. The third-order valence-electron chi connectivity index (χ3n) is 5.31. The largest absolute Gasteiger partial charge is 0.359 e. The number of Topliss-reactive ketones (excluding diaryl/α,β-unsaturated/α-hetero) is 1. The van der Waals surface area contributed by atoms with Gasteiger partial charge in [-0.3, -0.25) is 4.79 Å². The molecule has 2 bridgehead atoms. The first kappa shape index (κ1) is 11.7. The van der Waals surface area contributed by atoms with Crippen molar-refractivity contribution < 1.29 is 14.3 Å². The minimum atomic E-state index is 0.0653. The van der Waals surface area contributed by atoms with Gasteiger partial charge >= 0.3 is 0 Å². The van der Waals surface area contributed by atoms with Crippen molar-refractivity contribution in [1.82, 2.24) is 0 Å². The van der Waals surface area contributed by atoms with Gasteiger partial charge < -0.3 is 9.47 Å². The van der Waals surface area contributed by atoms with Crippen molar-refractivity contribution in [1.29, 1.82) is 0 Å². The summed E-state index contributed by atoms with van der Waals surface area (Å²) in [5.41, 5.74) is 0.0653. The fraction of sp³-hybridized carbons (Fsp3) is 0.929. The van der Waals surface area contributed by atoms with Crippen LogP contribution in [0.4, 0.5) is 0 Å². The van der Waals surface area contributed by atoms with Crippen LogP contribution in [0, 0.1) is 17.3 Å². The number of hydrogen-bond acceptors (Lipinski definition) is 3. The second-order valence-corrected chi connectivity index (χ2v) is 6.02. The van der Waals surface area contributed by atoms with Crippen LogP contribution in [-0.4, -0.2) is 25.8 Å². The number of rotatable bonds is 3. The Bertz CT molecular complexity index is 315. The Balaban J connectivity index is 1.74. The van der Waals surface area contributed by atoms with E-state index in [2.05, 4.69) is 0 Å². The summed E-state index contributed by atoms with van der Waals surface area (Å²) >= 11 is 0. The van der Waals surface area contributed by atoms with E-state index in [-0.39, 0.29) is 5.41 Å². The molecule has 0 saturated heterocycles. The number of fused-ring (bicyclic) bond motifs is 1. The number of methoxy groups -OCH3 is 1. The Labute approximate surface area is 103 Å². The molecule has 0 aromatic carbocycles. The fourth-order valence-electron chi connectivity index (χ4n) is 4.54. The third kappa shape index (κ3) is 1.75. The Hall–Kier alpha value is -0.410. The molecule has 0 amide bonds. The minimum absolute atomic E-state index is 0.0653. The number of ether oxygens (including phenoxy) is 2. The van der Waals surface area contributed by atoms with E-state index >= 15 is 0 Å². The Morgan fingerprint density at radius 2 is 2.29 bits per heavy atom. The van der Waals surface area contributed by atoms with Gasteiger partial charge in [0.2, 0.25) is 0 Å². The predicted octanol–water partition coefficient (Wildman–Crippen LogP) is 2.53. The molecule has 0 aromatic heterocycles. The molecule has 3 fully saturated rings. The van der Waals surface area contributed by atoms with Crippen molar-refractivity contribution in [3.63, 3.8) is 0 Å². The summed E-state index contributed by atoms with van der Waals surface area (Å²) in [5, 5.41) is 0. The fourth-order valence-corrected chi connectivity index (χ4v) is 4.54. The number of carbonyl (C=O) groups excluding carboxylic acids is 1. The topological polar surface area (TPSA) is 35.5 Å². The molecule has 3 heteroatoms. The first-order valence-corrected chi connectivity index (χ1v) is 6.90. The third-order valence-corrected chi connectivity index (χ3v) is 5.31. The maximum atomic E-state index is 12.3. The van der Waals surface area contributed by atoms with Crippen LogP contribution in [0.3, 0.4) is 0 Å². The molecule has 0 aromatic rings. The summed E-state index contributed by atoms with van der Waals surface area (Å²) in [5.74, 6) is 1.82. The lowest BCUT2D eigenvalue weighted by molar-refractivity contribution is -0.139. The van der Waals surface area contributed by atoms with E-state index in [4.69, 9.17) is 9.47 Å². The van der Waals surface area contributed by atoms with Crippen LogP contribution in [-0.2, 0) is 14.3 Å². The quantitative estimate of drug-likeness (QED) is 0.709. The second kappa shape index (κ2) is 4.36. The van der Waals surface area contributed by atoms with Crippen LogP contribution in [0.1, 0.15) is 44.9 Å². The summed E-state index contributed by atoms with van der Waals surface area (Å²) in [6.45, 7) is 0.396. The monoisotopic (exact) mass is 238 g/mol. The van der Waals surface area contributed by atoms with E-state index in [1.165, 1.54) is 12.8 Å². The zero-order chi connectivity index (χ0) is 11.9. The Morgan fingerprint density at radius 3 is 3.12 bits per heavy atom. The molecule has 3 rings (SSSR count). The van der Waals surface area contributed by atoms with Crippen LogP contribution in [0.15, 0.2) is 0 Å². The van der Waals surface area contributed by atoms with E-state index in [9.17, 15) is 4.79 Å². The molecule has 96 valence electrons. The standard InChI is InChI=1S/C14H22O3/c1-16-9-17-12-5-6-14-8-10(12)7-11(14)3-2-4-13(14)15/h10-12H,2-9H2,1H3/t10-,11-,12-,14+/m0/s1. The van der Waals surface area contributed by atoms with Gasteiger partial charge in [0, 0.05) is 18.9 Å². The van der Waals surface area contributed by atoms with E-state index in [0.717, 1.165) is 32.1 Å². The average Bonchev–Trinajstić information content (AvgIpc) is 2.64. The van der Waals surface area contributed by atoms with E-state index < -0.39 is 0 Å². The average molecular weight is 238 g/mol. The van der Waals surface area contributed by atoms with Gasteiger partial charge in [0.1, 0.15) is 12.6 Å². The predicted molar refractivity (Wildman–Crippen MR) is 63.5 cm³/mol. The summed E-state index contributed by atoms with van der Waals surface area (Å²) in [6, 6.07) is 0. The zero-order valence-electron chi connectivity index (χ0n) is 10.6. The molecule has 1 spiro atoms. The number of ketones is 1. The van der Waals surface area contributed by atoms with Crippen molar-refractivity contribution in [2.45, 2.75) is 51.0 Å². The molecule has 0 unspecified atom stereocenters. The van der Waals surface area contributed by atoms with Gasteiger partial charge in [-0.2, -0.15) is 0 Å². The van der Waals surface area contributed by atoms with Gasteiger partial charge in [0.05, 0.1) is 6.10 Å². The molecule has 3 aliphatic carbocycles. The van der Waals surface area contributed by atoms with E-state index in [1.807, 2.05) is 0 Å². The van der Waals surface area contributed by atoms with Crippen molar-refractivity contribution in [3.05, 3.63) is 0 Å². The SMILES string of the molecule is COCO[C@H]1CC[C@@]23C[C@@H]1C[C@@H]2CCCC3=O. The molecular weight excluding hydrogens is 216 g/mol. The van der Waals surface area contributed by atoms with Gasteiger partial charge in [0.15, 0.2) is 0 Å². The molecule has 4 atom stereocenters. The minimum Gasteiger partial charge on any atom is -0.359 e. The molecule has 0 N–H and O–H groups in total. The molecule has 0 heterocycles. The smallest absolute Gasteiger partial charge is 0.146 e. The van der Waals surface area contributed by atoms with Crippen LogP contribution >= 0.6 is 0 Å². The van der Waals surface area contributed by atoms with Crippen LogP contribution in [0.2, 0.25) is 0 Å². The summed E-state index contributed by atoms with van der Waals surface area (Å²) in [7, 11) is 1.67. The molecule has 17 heavy (non-hydrogen) atoms. The highest BCUT2D eigenvalue weighted by Gasteiger charge is 2.57. The highest BCUT2D eigenvalue weighted by molar-refractivity contribution is 5.86. The molecule has 3 aliphatic rings. The molecule has 0 radical (unpaired) electrons. The maximum absolute atomic E-state index is 12.3. The Morgan fingerprint density at radius 1 is 1.41 bits per heavy atom. The number of hydrogen-bond donors (Lipinski definition) is 0. The van der Waals surface area contributed by atoms with Gasteiger partial charge in [-0.1, -0.05) is 0 Å². The Kier molecular flexibility index (Phi) is 2.99. The van der Waals surface area contributed by atoms with Gasteiger partial charge in [-0.15, -0.1) is 0 Å². The van der Waals surface area contributed by atoms with E-state index in [0.29, 0.717) is 30.5 Å². The molecular formula is C14H22O3. The maximum Gasteiger partial charge on any atom is 0.146 e. The van der Waals surface area contributed by atoms with Crippen LogP contribution in [0.5, 0.6) is 0 Å².